The Morgan fingerprint density at radius 3 is 2.50 bits per heavy atom. The van der Waals surface area contributed by atoms with Crippen LogP contribution in [0.1, 0.15) is 31.7 Å². The van der Waals surface area contributed by atoms with Gasteiger partial charge in [-0.05, 0) is 43.4 Å². The Morgan fingerprint density at radius 1 is 1.29 bits per heavy atom. The van der Waals surface area contributed by atoms with Crippen LogP contribution in [0.2, 0.25) is 0 Å². The molecule has 0 amide bonds. The Morgan fingerprint density at radius 2 is 1.93 bits per heavy atom. The van der Waals surface area contributed by atoms with E-state index in [1.165, 1.54) is 5.56 Å². The highest BCUT2D eigenvalue weighted by atomic mass is 35.5. The molecule has 1 rings (SSSR count). The summed E-state index contributed by atoms with van der Waals surface area (Å²) < 4.78 is 0. The first-order chi connectivity index (χ1) is 6.72. The first-order valence-electron chi connectivity index (χ1n) is 5.14. The topological polar surface area (TPSA) is 20.2 Å². The standard InChI is InChI=1S/C12H17ClO/c1-2-11(13)5-3-4-10-6-8-12(14)9-7-10/h6-9,11,14H,2-5H2,1H3. The molecule has 0 spiro atoms. The molecular weight excluding hydrogens is 196 g/mol. The van der Waals surface area contributed by atoms with Crippen LogP contribution in [0.5, 0.6) is 5.75 Å². The van der Waals surface area contributed by atoms with Crippen molar-refractivity contribution in [3.05, 3.63) is 29.8 Å². The monoisotopic (exact) mass is 212 g/mol. The van der Waals surface area contributed by atoms with Crippen LogP contribution in [0, 0.1) is 0 Å². The molecule has 1 N–H and O–H groups in total. The lowest BCUT2D eigenvalue weighted by atomic mass is 10.1. The summed E-state index contributed by atoms with van der Waals surface area (Å²) in [5, 5.41) is 9.40. The summed E-state index contributed by atoms with van der Waals surface area (Å²) in [7, 11) is 0. The van der Waals surface area contributed by atoms with E-state index in [1.54, 1.807) is 12.1 Å². The molecule has 0 bridgehead atoms. The molecule has 0 fully saturated rings. The minimum absolute atomic E-state index is 0.312. The lowest BCUT2D eigenvalue weighted by molar-refractivity contribution is 0.475. The van der Waals surface area contributed by atoms with Crippen molar-refractivity contribution >= 4 is 11.6 Å². The van der Waals surface area contributed by atoms with E-state index < -0.39 is 0 Å². The zero-order valence-corrected chi connectivity index (χ0v) is 9.30. The number of alkyl halides is 1. The van der Waals surface area contributed by atoms with Gasteiger partial charge in [0.2, 0.25) is 0 Å². The van der Waals surface area contributed by atoms with E-state index in [0.29, 0.717) is 11.1 Å². The van der Waals surface area contributed by atoms with Gasteiger partial charge in [-0.2, -0.15) is 0 Å². The van der Waals surface area contributed by atoms with E-state index in [2.05, 4.69) is 6.92 Å². The average Bonchev–Trinajstić information content (AvgIpc) is 2.21. The third kappa shape index (κ3) is 4.01. The molecule has 1 unspecified atom stereocenters. The molecule has 0 saturated carbocycles. The molecule has 1 aromatic carbocycles. The Kier molecular flexibility index (Phi) is 4.81. The molecule has 0 radical (unpaired) electrons. The number of phenolic OH excluding ortho intramolecular Hbond substituents is 1. The molecule has 0 aliphatic rings. The van der Waals surface area contributed by atoms with Gasteiger partial charge in [0, 0.05) is 5.38 Å². The molecule has 0 aromatic heterocycles. The molecule has 78 valence electrons. The summed E-state index contributed by atoms with van der Waals surface area (Å²) in [6.07, 6.45) is 4.27. The highest BCUT2D eigenvalue weighted by Gasteiger charge is 2.01. The lowest BCUT2D eigenvalue weighted by Crippen LogP contribution is -1.96. The van der Waals surface area contributed by atoms with E-state index in [0.717, 1.165) is 25.7 Å². The maximum absolute atomic E-state index is 9.09. The summed E-state index contributed by atoms with van der Waals surface area (Å²) >= 11 is 6.02. The third-order valence-electron chi connectivity index (χ3n) is 2.36. The molecule has 0 aliphatic heterocycles. The zero-order valence-electron chi connectivity index (χ0n) is 8.54. The van der Waals surface area contributed by atoms with Gasteiger partial charge < -0.3 is 5.11 Å². The van der Waals surface area contributed by atoms with Crippen molar-refractivity contribution in [3.63, 3.8) is 0 Å². The quantitative estimate of drug-likeness (QED) is 0.738. The smallest absolute Gasteiger partial charge is 0.115 e. The largest absolute Gasteiger partial charge is 0.508 e. The highest BCUT2D eigenvalue weighted by Crippen LogP contribution is 2.14. The fraction of sp³-hybridized carbons (Fsp3) is 0.500. The van der Waals surface area contributed by atoms with Gasteiger partial charge in [0.05, 0.1) is 0 Å². The first kappa shape index (κ1) is 11.4. The van der Waals surface area contributed by atoms with Gasteiger partial charge in [0.1, 0.15) is 5.75 Å². The molecule has 0 aliphatic carbocycles. The van der Waals surface area contributed by atoms with Crippen molar-refractivity contribution in [2.45, 2.75) is 38.0 Å². The predicted octanol–water partition coefficient (Wildman–Crippen LogP) is 3.73. The zero-order chi connectivity index (χ0) is 10.4. The molecule has 1 nitrogen and oxygen atoms in total. The number of halogens is 1. The van der Waals surface area contributed by atoms with Gasteiger partial charge in [0.15, 0.2) is 0 Å². The lowest BCUT2D eigenvalue weighted by Gasteiger charge is -2.05. The first-order valence-corrected chi connectivity index (χ1v) is 5.58. The van der Waals surface area contributed by atoms with E-state index in [9.17, 15) is 0 Å². The Balaban J connectivity index is 2.28. The van der Waals surface area contributed by atoms with Gasteiger partial charge in [-0.3, -0.25) is 0 Å². The van der Waals surface area contributed by atoms with Crippen LogP contribution in [0.15, 0.2) is 24.3 Å². The fourth-order valence-electron chi connectivity index (χ4n) is 1.39. The number of aromatic hydroxyl groups is 1. The summed E-state index contributed by atoms with van der Waals surface area (Å²) in [6, 6.07) is 7.38. The second kappa shape index (κ2) is 5.92. The van der Waals surface area contributed by atoms with Crippen molar-refractivity contribution in [2.24, 2.45) is 0 Å². The van der Waals surface area contributed by atoms with Crippen LogP contribution in [0.4, 0.5) is 0 Å². The van der Waals surface area contributed by atoms with Crippen LogP contribution in [-0.4, -0.2) is 10.5 Å². The minimum Gasteiger partial charge on any atom is -0.508 e. The van der Waals surface area contributed by atoms with Crippen LogP contribution in [-0.2, 0) is 6.42 Å². The van der Waals surface area contributed by atoms with Gasteiger partial charge in [-0.15, -0.1) is 11.6 Å². The van der Waals surface area contributed by atoms with E-state index >= 15 is 0 Å². The summed E-state index contributed by atoms with van der Waals surface area (Å²) in [4.78, 5) is 0. The number of aryl methyl sites for hydroxylation is 1. The van der Waals surface area contributed by atoms with Crippen molar-refractivity contribution in [3.8, 4) is 5.75 Å². The second-order valence-electron chi connectivity index (χ2n) is 3.56. The highest BCUT2D eigenvalue weighted by molar-refractivity contribution is 6.20. The maximum Gasteiger partial charge on any atom is 0.115 e. The van der Waals surface area contributed by atoms with Crippen LogP contribution >= 0.6 is 11.6 Å². The van der Waals surface area contributed by atoms with Crippen LogP contribution in [0.25, 0.3) is 0 Å². The molecule has 0 saturated heterocycles. The van der Waals surface area contributed by atoms with E-state index in [4.69, 9.17) is 16.7 Å². The maximum atomic E-state index is 9.09. The average molecular weight is 213 g/mol. The number of phenols is 1. The van der Waals surface area contributed by atoms with Crippen molar-refractivity contribution in [1.29, 1.82) is 0 Å². The fourth-order valence-corrected chi connectivity index (χ4v) is 1.55. The molecule has 1 aromatic rings. The van der Waals surface area contributed by atoms with Crippen molar-refractivity contribution < 1.29 is 5.11 Å². The van der Waals surface area contributed by atoms with Crippen LogP contribution < -0.4 is 0 Å². The summed E-state index contributed by atoms with van der Waals surface area (Å²) in [6.45, 7) is 2.11. The van der Waals surface area contributed by atoms with E-state index in [-0.39, 0.29) is 0 Å². The normalized spacial score (nSPS) is 12.7. The van der Waals surface area contributed by atoms with Gasteiger partial charge in [-0.25, -0.2) is 0 Å². The second-order valence-corrected chi connectivity index (χ2v) is 4.18. The molecular formula is C12H17ClO. The Labute approximate surface area is 90.7 Å². The number of rotatable bonds is 5. The number of benzene rings is 1. The van der Waals surface area contributed by atoms with Crippen molar-refractivity contribution in [2.75, 3.05) is 0 Å². The molecule has 2 heteroatoms. The minimum atomic E-state index is 0.312. The summed E-state index contributed by atoms with van der Waals surface area (Å²) in [5.41, 5.74) is 1.27. The molecule has 14 heavy (non-hydrogen) atoms. The SMILES string of the molecule is CCC(Cl)CCCc1ccc(O)cc1. The van der Waals surface area contributed by atoms with Crippen molar-refractivity contribution in [1.82, 2.24) is 0 Å². The number of hydrogen-bond acceptors (Lipinski definition) is 1. The Bertz CT molecular complexity index is 256. The number of hydrogen-bond donors (Lipinski definition) is 1. The molecule has 1 atom stereocenters. The third-order valence-corrected chi connectivity index (χ3v) is 2.89. The predicted molar refractivity (Wildman–Crippen MR) is 61.0 cm³/mol. The van der Waals surface area contributed by atoms with E-state index in [1.807, 2.05) is 12.1 Å². The molecule has 0 heterocycles. The van der Waals surface area contributed by atoms with Gasteiger partial charge in [-0.1, -0.05) is 19.1 Å². The Hall–Kier alpha value is -0.690. The van der Waals surface area contributed by atoms with Gasteiger partial charge >= 0.3 is 0 Å². The van der Waals surface area contributed by atoms with Crippen LogP contribution in [0.3, 0.4) is 0 Å². The summed E-state index contributed by atoms with van der Waals surface area (Å²) in [5.74, 6) is 0.331. The van der Waals surface area contributed by atoms with Gasteiger partial charge in [0.25, 0.3) is 0 Å².